The highest BCUT2D eigenvalue weighted by Gasteiger charge is 2.21. The van der Waals surface area contributed by atoms with E-state index in [9.17, 15) is 14.7 Å². The molecule has 0 atom stereocenters. The number of hydrogen-bond acceptors (Lipinski definition) is 5. The van der Waals surface area contributed by atoms with E-state index in [4.69, 9.17) is 4.74 Å². The quantitative estimate of drug-likeness (QED) is 0.811. The Morgan fingerprint density at radius 2 is 2.13 bits per heavy atom. The number of ether oxygens (including phenoxy) is 1. The second-order valence-corrected chi connectivity index (χ2v) is 5.24. The zero-order valence-electron chi connectivity index (χ0n) is 12.7. The number of aromatic hydroxyl groups is 1. The normalized spacial score (nSPS) is 14.3. The molecule has 1 fully saturated rings. The Balaban J connectivity index is 2.18. The number of nitrogens with zero attached hydrogens (tertiary/aromatic N) is 2. The molecule has 2 aromatic rings. The fourth-order valence-electron chi connectivity index (χ4n) is 2.20. The predicted octanol–water partition coefficient (Wildman–Crippen LogP) is 1.21. The van der Waals surface area contributed by atoms with Crippen molar-refractivity contribution in [3.05, 3.63) is 50.7 Å². The van der Waals surface area contributed by atoms with Crippen molar-refractivity contribution in [2.45, 2.75) is 25.8 Å². The average Bonchev–Trinajstić information content (AvgIpc) is 3.33. The summed E-state index contributed by atoms with van der Waals surface area (Å²) in [5, 5.41) is 10.4. The zero-order valence-corrected chi connectivity index (χ0v) is 12.7. The maximum absolute atomic E-state index is 12.2. The van der Waals surface area contributed by atoms with Crippen LogP contribution in [0.2, 0.25) is 0 Å². The molecule has 7 nitrogen and oxygen atoms in total. The molecular weight excluding hydrogens is 298 g/mol. The van der Waals surface area contributed by atoms with Crippen molar-refractivity contribution in [1.29, 1.82) is 0 Å². The predicted molar refractivity (Wildman–Crippen MR) is 86.1 cm³/mol. The summed E-state index contributed by atoms with van der Waals surface area (Å²) in [5.41, 5.74) is -1.08. The first-order chi connectivity index (χ1) is 11.1. The molecule has 23 heavy (non-hydrogen) atoms. The van der Waals surface area contributed by atoms with Crippen LogP contribution in [0, 0.1) is 0 Å². The van der Waals surface area contributed by atoms with Crippen molar-refractivity contribution in [3.63, 3.8) is 0 Å². The Morgan fingerprint density at radius 3 is 2.83 bits per heavy atom. The van der Waals surface area contributed by atoms with Crippen molar-refractivity contribution < 1.29 is 9.84 Å². The Labute approximate surface area is 131 Å². The van der Waals surface area contributed by atoms with E-state index in [-0.39, 0.29) is 11.6 Å². The molecular formula is C16H17N3O4. The lowest BCUT2D eigenvalue weighted by Crippen LogP contribution is -2.31. The third-order valence-corrected chi connectivity index (χ3v) is 3.49. The van der Waals surface area contributed by atoms with Crippen LogP contribution < -0.4 is 16.0 Å². The number of aromatic amines is 1. The minimum atomic E-state index is -0.733. The number of aliphatic imine (C=N–C) groups is 1. The second kappa shape index (κ2) is 6.12. The molecule has 3 rings (SSSR count). The Morgan fingerprint density at radius 1 is 1.39 bits per heavy atom. The van der Waals surface area contributed by atoms with Gasteiger partial charge in [0.1, 0.15) is 11.3 Å². The van der Waals surface area contributed by atoms with Gasteiger partial charge in [-0.3, -0.25) is 14.8 Å². The molecule has 0 amide bonds. The van der Waals surface area contributed by atoms with Crippen LogP contribution in [0.5, 0.6) is 11.6 Å². The molecule has 1 saturated carbocycles. The van der Waals surface area contributed by atoms with E-state index < -0.39 is 17.1 Å². The summed E-state index contributed by atoms with van der Waals surface area (Å²) in [4.78, 5) is 30.5. The van der Waals surface area contributed by atoms with Crippen LogP contribution in [-0.4, -0.2) is 33.5 Å². The van der Waals surface area contributed by atoms with Crippen molar-refractivity contribution in [1.82, 2.24) is 9.55 Å². The molecule has 2 N–H and O–H groups in total. The Bertz CT molecular complexity index is 862. The van der Waals surface area contributed by atoms with Gasteiger partial charge >= 0.3 is 5.69 Å². The van der Waals surface area contributed by atoms with Gasteiger partial charge < -0.3 is 9.84 Å². The number of benzene rings is 1. The first-order valence-corrected chi connectivity index (χ1v) is 7.45. The molecule has 0 saturated heterocycles. The number of para-hydroxylation sites is 2. The number of hydrogen-bond donors (Lipinski definition) is 2. The summed E-state index contributed by atoms with van der Waals surface area (Å²) >= 11 is 0. The van der Waals surface area contributed by atoms with Crippen LogP contribution in [-0.2, 0) is 0 Å². The molecule has 1 aromatic heterocycles. The fraction of sp³-hybridized carbons (Fsp3) is 0.312. The smallest absolute Gasteiger partial charge is 0.335 e. The van der Waals surface area contributed by atoms with Crippen molar-refractivity contribution in [3.8, 4) is 17.3 Å². The molecule has 0 bridgehead atoms. The van der Waals surface area contributed by atoms with Gasteiger partial charge in [-0.25, -0.2) is 9.36 Å². The summed E-state index contributed by atoms with van der Waals surface area (Å²) < 4.78 is 6.50. The standard InChI is InChI=1S/C16H17N3O4/c1-2-23-13-6-4-3-5-12(13)19-15(21)11(9-17-10-7-8-10)14(20)18-16(19)22/h3-6,9-10,21H,2,7-8H2,1H3,(H,18,20,22). The van der Waals surface area contributed by atoms with Crippen LogP contribution >= 0.6 is 0 Å². The molecule has 0 radical (unpaired) electrons. The monoisotopic (exact) mass is 315 g/mol. The van der Waals surface area contributed by atoms with Crippen LogP contribution in [0.3, 0.4) is 0 Å². The number of aromatic nitrogens is 2. The van der Waals surface area contributed by atoms with Gasteiger partial charge in [0.25, 0.3) is 5.56 Å². The zero-order chi connectivity index (χ0) is 16.4. The average molecular weight is 315 g/mol. The van der Waals surface area contributed by atoms with E-state index in [1.807, 2.05) is 6.92 Å². The molecule has 0 aliphatic heterocycles. The van der Waals surface area contributed by atoms with Crippen molar-refractivity contribution >= 4 is 6.21 Å². The van der Waals surface area contributed by atoms with Crippen LogP contribution in [0.15, 0.2) is 38.8 Å². The third kappa shape index (κ3) is 3.03. The SMILES string of the molecule is CCOc1ccccc1-n1c(O)c(C=NC2CC2)c(=O)[nH]c1=O. The highest BCUT2D eigenvalue weighted by Crippen LogP contribution is 2.26. The summed E-state index contributed by atoms with van der Waals surface area (Å²) in [5.74, 6) is -0.0140. The Hall–Kier alpha value is -2.83. The fourth-order valence-corrected chi connectivity index (χ4v) is 2.20. The van der Waals surface area contributed by atoms with E-state index in [1.165, 1.54) is 6.21 Å². The maximum atomic E-state index is 12.2. The van der Waals surface area contributed by atoms with Crippen LogP contribution in [0.25, 0.3) is 5.69 Å². The van der Waals surface area contributed by atoms with Crippen LogP contribution in [0.4, 0.5) is 0 Å². The first kappa shape index (κ1) is 15.1. The molecule has 1 heterocycles. The lowest BCUT2D eigenvalue weighted by Gasteiger charge is -2.13. The van der Waals surface area contributed by atoms with E-state index in [1.54, 1.807) is 24.3 Å². The maximum Gasteiger partial charge on any atom is 0.335 e. The summed E-state index contributed by atoms with van der Waals surface area (Å²) in [6, 6.07) is 7.00. The highest BCUT2D eigenvalue weighted by molar-refractivity contribution is 5.82. The number of nitrogens with one attached hydrogen (secondary N) is 1. The molecule has 1 aromatic carbocycles. The minimum Gasteiger partial charge on any atom is -0.493 e. The molecule has 1 aliphatic carbocycles. The number of rotatable bonds is 5. The molecule has 7 heteroatoms. The molecule has 0 spiro atoms. The van der Waals surface area contributed by atoms with Gasteiger partial charge in [-0.2, -0.15) is 0 Å². The topological polar surface area (TPSA) is 96.7 Å². The summed E-state index contributed by atoms with van der Waals surface area (Å²) in [6.07, 6.45) is 3.27. The van der Waals surface area contributed by atoms with Crippen LogP contribution in [0.1, 0.15) is 25.3 Å². The minimum absolute atomic E-state index is 0.0391. The molecule has 120 valence electrons. The van der Waals surface area contributed by atoms with E-state index in [0.717, 1.165) is 17.4 Å². The van der Waals surface area contributed by atoms with Crippen molar-refractivity contribution in [2.24, 2.45) is 4.99 Å². The number of H-pyrrole nitrogens is 1. The van der Waals surface area contributed by atoms with E-state index in [0.29, 0.717) is 18.0 Å². The summed E-state index contributed by atoms with van der Waals surface area (Å²) in [7, 11) is 0. The first-order valence-electron chi connectivity index (χ1n) is 7.45. The third-order valence-electron chi connectivity index (χ3n) is 3.49. The largest absolute Gasteiger partial charge is 0.493 e. The van der Waals surface area contributed by atoms with Gasteiger partial charge in [-0.1, -0.05) is 12.1 Å². The lowest BCUT2D eigenvalue weighted by molar-refractivity contribution is 0.336. The van der Waals surface area contributed by atoms with E-state index in [2.05, 4.69) is 9.98 Å². The van der Waals surface area contributed by atoms with Crippen molar-refractivity contribution in [2.75, 3.05) is 6.61 Å². The highest BCUT2D eigenvalue weighted by atomic mass is 16.5. The molecule has 1 aliphatic rings. The lowest BCUT2D eigenvalue weighted by atomic mass is 10.2. The van der Waals surface area contributed by atoms with Gasteiger partial charge in [-0.05, 0) is 31.9 Å². The molecule has 0 unspecified atom stereocenters. The summed E-state index contributed by atoms with van der Waals surface area (Å²) in [6.45, 7) is 2.23. The van der Waals surface area contributed by atoms with Gasteiger partial charge in [0, 0.05) is 6.21 Å². The van der Waals surface area contributed by atoms with Gasteiger partial charge in [-0.15, -0.1) is 0 Å². The Kier molecular flexibility index (Phi) is 4.01. The van der Waals surface area contributed by atoms with Gasteiger partial charge in [0.05, 0.1) is 18.3 Å². The van der Waals surface area contributed by atoms with Gasteiger partial charge in [0.15, 0.2) is 0 Å². The van der Waals surface area contributed by atoms with Gasteiger partial charge in [0.2, 0.25) is 5.88 Å². The van der Waals surface area contributed by atoms with E-state index >= 15 is 0 Å². The second-order valence-electron chi connectivity index (χ2n) is 5.24.